The Morgan fingerprint density at radius 1 is 1.26 bits per heavy atom. The molecule has 0 aromatic heterocycles. The summed E-state index contributed by atoms with van der Waals surface area (Å²) in [6, 6.07) is 0. The van der Waals surface area contributed by atoms with E-state index >= 15 is 0 Å². The smallest absolute Gasteiger partial charge is 0.244 e. The number of fused-ring (bicyclic) bond motifs is 5. The number of rotatable bonds is 3. The quantitative estimate of drug-likeness (QED) is 0.341. The lowest BCUT2D eigenvalue weighted by molar-refractivity contribution is -0.124. The monoisotopic (exact) mass is 373 g/mol. The number of carbonyl (C=O) groups is 1. The second-order valence-electron chi connectivity index (χ2n) is 9.63. The van der Waals surface area contributed by atoms with E-state index in [2.05, 4.69) is 29.9 Å². The van der Waals surface area contributed by atoms with Crippen molar-refractivity contribution in [1.29, 1.82) is 0 Å². The molecular weight excluding hydrogens is 342 g/mol. The van der Waals surface area contributed by atoms with Crippen LogP contribution in [0.2, 0.25) is 0 Å². The van der Waals surface area contributed by atoms with Gasteiger partial charge in [-0.25, -0.2) is 0 Å². The molecule has 0 heterocycles. The molecule has 1 N–H and O–H groups in total. The van der Waals surface area contributed by atoms with Crippen molar-refractivity contribution in [2.45, 2.75) is 77.4 Å². The van der Waals surface area contributed by atoms with Crippen LogP contribution in [-0.4, -0.2) is 29.8 Å². The SMILES string of the molecule is CC12CC[C@@H](OCC(=O)N=[N+]=[N-])C=C1CCC1C2CCC2(C)C(O)CCC12. The lowest BCUT2D eigenvalue weighted by Gasteiger charge is -2.58. The number of ether oxygens (including phenoxy) is 1. The summed E-state index contributed by atoms with van der Waals surface area (Å²) in [5.41, 5.74) is 10.2. The highest BCUT2D eigenvalue weighted by molar-refractivity contribution is 5.77. The Hall–Kier alpha value is -1.36. The molecule has 6 nitrogen and oxygen atoms in total. The van der Waals surface area contributed by atoms with Crippen LogP contribution in [0.15, 0.2) is 16.8 Å². The van der Waals surface area contributed by atoms with Gasteiger partial charge in [0.15, 0.2) is 0 Å². The summed E-state index contributed by atoms with van der Waals surface area (Å²) in [5.74, 6) is 1.54. The van der Waals surface area contributed by atoms with Crippen LogP contribution < -0.4 is 0 Å². The van der Waals surface area contributed by atoms with E-state index in [1.54, 1.807) is 0 Å². The molecule has 6 heteroatoms. The van der Waals surface area contributed by atoms with Crippen molar-refractivity contribution in [2.24, 2.45) is 33.7 Å². The van der Waals surface area contributed by atoms with Crippen LogP contribution in [0.4, 0.5) is 0 Å². The fraction of sp³-hybridized carbons (Fsp3) is 0.857. The first-order valence-corrected chi connectivity index (χ1v) is 10.5. The van der Waals surface area contributed by atoms with E-state index in [9.17, 15) is 9.90 Å². The van der Waals surface area contributed by atoms with E-state index in [1.165, 1.54) is 24.8 Å². The van der Waals surface area contributed by atoms with Gasteiger partial charge in [-0.1, -0.05) is 25.5 Å². The third-order valence-electron chi connectivity index (χ3n) is 8.60. The molecular formula is C21H31N3O3. The van der Waals surface area contributed by atoms with Crippen molar-refractivity contribution >= 4 is 5.91 Å². The minimum absolute atomic E-state index is 0.0513. The number of aliphatic hydroxyl groups excluding tert-OH is 1. The van der Waals surface area contributed by atoms with Gasteiger partial charge in [0, 0.05) is 4.91 Å². The molecule has 0 saturated heterocycles. The Bertz CT molecular complexity index is 701. The Labute approximate surface area is 161 Å². The molecule has 0 aromatic rings. The van der Waals surface area contributed by atoms with Gasteiger partial charge >= 0.3 is 0 Å². The molecule has 4 rings (SSSR count). The lowest BCUT2D eigenvalue weighted by atomic mass is 9.47. The van der Waals surface area contributed by atoms with Crippen LogP contribution in [0, 0.1) is 28.6 Å². The molecule has 4 aliphatic carbocycles. The summed E-state index contributed by atoms with van der Waals surface area (Å²) in [7, 11) is 0. The van der Waals surface area contributed by atoms with Gasteiger partial charge in [0.25, 0.3) is 0 Å². The van der Waals surface area contributed by atoms with Gasteiger partial charge in [-0.05, 0) is 90.6 Å². The minimum Gasteiger partial charge on any atom is -0.393 e. The highest BCUT2D eigenvalue weighted by Crippen LogP contribution is 2.65. The number of hydrogen-bond donors (Lipinski definition) is 1. The van der Waals surface area contributed by atoms with Crippen LogP contribution in [0.3, 0.4) is 0 Å². The molecule has 1 amide bonds. The average Bonchev–Trinajstić information content (AvgIpc) is 2.95. The van der Waals surface area contributed by atoms with Gasteiger partial charge in [-0.15, -0.1) is 0 Å². The zero-order valence-corrected chi connectivity index (χ0v) is 16.4. The van der Waals surface area contributed by atoms with E-state index in [0.717, 1.165) is 38.0 Å². The molecule has 148 valence electrons. The van der Waals surface area contributed by atoms with Crippen molar-refractivity contribution in [3.63, 3.8) is 0 Å². The van der Waals surface area contributed by atoms with Gasteiger partial charge in [0.2, 0.25) is 5.91 Å². The summed E-state index contributed by atoms with van der Waals surface area (Å²) >= 11 is 0. The van der Waals surface area contributed by atoms with Crippen molar-refractivity contribution in [2.75, 3.05) is 6.61 Å². The number of azide groups is 1. The zero-order valence-electron chi connectivity index (χ0n) is 16.4. The molecule has 0 radical (unpaired) electrons. The first kappa shape index (κ1) is 19.0. The van der Waals surface area contributed by atoms with Crippen molar-refractivity contribution in [3.8, 4) is 0 Å². The Kier molecular flexibility index (Phi) is 4.86. The molecule has 3 saturated carbocycles. The fourth-order valence-electron chi connectivity index (χ4n) is 7.06. The van der Waals surface area contributed by atoms with Crippen LogP contribution in [0.25, 0.3) is 10.4 Å². The largest absolute Gasteiger partial charge is 0.393 e. The molecule has 27 heavy (non-hydrogen) atoms. The average molecular weight is 373 g/mol. The molecule has 0 aromatic carbocycles. The summed E-state index contributed by atoms with van der Waals surface area (Å²) in [4.78, 5) is 13.9. The van der Waals surface area contributed by atoms with E-state index in [0.29, 0.717) is 11.8 Å². The Balaban J connectivity index is 1.49. The summed E-state index contributed by atoms with van der Waals surface area (Å²) in [5, 5.41) is 13.6. The van der Waals surface area contributed by atoms with Crippen LogP contribution in [-0.2, 0) is 9.53 Å². The topological polar surface area (TPSA) is 95.3 Å². The summed E-state index contributed by atoms with van der Waals surface area (Å²) in [6.45, 7) is 4.62. The third-order valence-corrected chi connectivity index (χ3v) is 8.60. The molecule has 0 aliphatic heterocycles. The lowest BCUT2D eigenvalue weighted by Crippen LogP contribution is -2.51. The first-order valence-electron chi connectivity index (χ1n) is 10.5. The van der Waals surface area contributed by atoms with Crippen molar-refractivity contribution in [3.05, 3.63) is 22.1 Å². The second kappa shape index (κ2) is 6.91. The van der Waals surface area contributed by atoms with Gasteiger partial charge in [-0.3, -0.25) is 4.79 Å². The molecule has 6 unspecified atom stereocenters. The van der Waals surface area contributed by atoms with Crippen LogP contribution in [0.1, 0.15) is 65.2 Å². The van der Waals surface area contributed by atoms with Crippen molar-refractivity contribution < 1.29 is 14.6 Å². The first-order chi connectivity index (χ1) is 12.9. The standard InChI is InChI=1S/C21H31N3O3/c1-20-9-7-14(27-12-19(26)23-24-22)11-13(20)3-4-15-16-5-6-18(25)21(16,2)10-8-17(15)20/h11,14-18,25H,3-10,12H2,1-2H3/t14-,15?,16?,17?,18?,20?,21?/m1/s1. The highest BCUT2D eigenvalue weighted by atomic mass is 16.5. The predicted molar refractivity (Wildman–Crippen MR) is 102 cm³/mol. The summed E-state index contributed by atoms with van der Waals surface area (Å²) in [6.07, 6.45) is 10.9. The van der Waals surface area contributed by atoms with Gasteiger partial charge in [-0.2, -0.15) is 0 Å². The normalized spacial score (nSPS) is 45.7. The second-order valence-corrected chi connectivity index (χ2v) is 9.63. The van der Waals surface area contributed by atoms with Gasteiger partial charge in [0.05, 0.1) is 12.2 Å². The third kappa shape index (κ3) is 3.02. The summed E-state index contributed by atoms with van der Waals surface area (Å²) < 4.78 is 5.70. The predicted octanol–water partition coefficient (Wildman–Crippen LogP) is 4.53. The fourth-order valence-corrected chi connectivity index (χ4v) is 7.06. The van der Waals surface area contributed by atoms with Crippen LogP contribution >= 0.6 is 0 Å². The maximum atomic E-state index is 11.4. The number of carbonyl (C=O) groups excluding carboxylic acids is 1. The number of allylic oxidation sites excluding steroid dienone is 1. The maximum absolute atomic E-state index is 11.4. The Morgan fingerprint density at radius 2 is 2.07 bits per heavy atom. The molecule has 0 bridgehead atoms. The minimum atomic E-state index is -0.556. The van der Waals surface area contributed by atoms with Gasteiger partial charge < -0.3 is 9.84 Å². The van der Waals surface area contributed by atoms with Crippen molar-refractivity contribution in [1.82, 2.24) is 0 Å². The number of aliphatic hydroxyl groups is 1. The zero-order chi connectivity index (χ0) is 19.2. The molecule has 3 fully saturated rings. The molecule has 7 atom stereocenters. The van der Waals surface area contributed by atoms with E-state index in [4.69, 9.17) is 10.3 Å². The molecule has 0 spiro atoms. The maximum Gasteiger partial charge on any atom is 0.244 e. The number of nitrogens with zero attached hydrogens (tertiary/aromatic N) is 3. The highest BCUT2D eigenvalue weighted by Gasteiger charge is 2.58. The van der Waals surface area contributed by atoms with E-state index < -0.39 is 5.91 Å². The van der Waals surface area contributed by atoms with Gasteiger partial charge in [0.1, 0.15) is 6.61 Å². The number of hydrogen-bond acceptors (Lipinski definition) is 3. The van der Waals surface area contributed by atoms with Crippen LogP contribution in [0.5, 0.6) is 0 Å². The number of amides is 1. The Morgan fingerprint density at radius 3 is 2.85 bits per heavy atom. The van der Waals surface area contributed by atoms with E-state index in [1.807, 2.05) is 0 Å². The van der Waals surface area contributed by atoms with E-state index in [-0.39, 0.29) is 29.6 Å². The molecule has 4 aliphatic rings.